The van der Waals surface area contributed by atoms with E-state index in [0.29, 0.717) is 15.9 Å². The van der Waals surface area contributed by atoms with Gasteiger partial charge in [-0.3, -0.25) is 14.5 Å². The first-order valence-electron chi connectivity index (χ1n) is 16.2. The van der Waals surface area contributed by atoms with Crippen molar-refractivity contribution >= 4 is 63.5 Å². The van der Waals surface area contributed by atoms with Gasteiger partial charge in [-0.15, -0.1) is 28.2 Å². The van der Waals surface area contributed by atoms with Crippen LogP contribution in [0.4, 0.5) is 13.9 Å². The van der Waals surface area contributed by atoms with Gasteiger partial charge in [0.05, 0.1) is 0 Å². The van der Waals surface area contributed by atoms with E-state index in [1.165, 1.54) is 33.6 Å². The molecular weight excluding hydrogens is 761 g/mol. The van der Waals surface area contributed by atoms with Crippen molar-refractivity contribution in [1.29, 1.82) is 0 Å². The fraction of sp³-hybridized carbons (Fsp3) is 0.200. The minimum atomic E-state index is -3.35. The second-order valence-electron chi connectivity index (χ2n) is 11.8. The normalized spacial score (nSPS) is 17.2. The van der Waals surface area contributed by atoms with E-state index in [2.05, 4.69) is 41.1 Å². The number of anilines is 1. The molecular formula is C35H29F2N9O5S3. The molecule has 2 amide bonds. The van der Waals surface area contributed by atoms with E-state index in [-0.39, 0.29) is 22.9 Å². The lowest BCUT2D eigenvalue weighted by Gasteiger charge is -2.49. The number of oxime groups is 1. The van der Waals surface area contributed by atoms with E-state index in [9.17, 15) is 28.3 Å². The topological polar surface area (TPSA) is 177 Å². The number of rotatable bonds is 14. The standard InChI is InChI=1S/C35H29F2N9O5S3/c1-45-34(41-43-44-45)54-18-20-17-52-30-26(29(48)46(30)27(20)31(49)50)39-28(47)25(42-51-32(36)37)24-19-53-33(38-24)40-35(21-11-5-2-6-12-21,22-13-7-3-8-14-22)23-15-9-4-10-16-23/h2-16,19,26,30,32H,17-18H2,1H3,(H,38,40)(H,39,47)(H,49,50)/t26?,30-/m1/s1. The number of carbonyl (C=O) groups is 3. The molecule has 2 aromatic heterocycles. The summed E-state index contributed by atoms with van der Waals surface area (Å²) in [6.07, 6.45) is 0. The number of hydrogen-bond donors (Lipinski definition) is 3. The number of tetrazole rings is 1. The highest BCUT2D eigenvalue weighted by Gasteiger charge is 2.54. The van der Waals surface area contributed by atoms with Crippen LogP contribution in [0.5, 0.6) is 0 Å². The summed E-state index contributed by atoms with van der Waals surface area (Å²) in [4.78, 5) is 49.4. The van der Waals surface area contributed by atoms with Crippen LogP contribution >= 0.6 is 34.9 Å². The molecule has 54 heavy (non-hydrogen) atoms. The number of nitrogens with zero attached hydrogens (tertiary/aromatic N) is 7. The number of carboxylic acids is 1. The second kappa shape index (κ2) is 15.7. The van der Waals surface area contributed by atoms with E-state index in [1.54, 1.807) is 7.05 Å². The molecule has 19 heteroatoms. The number of aliphatic carboxylic acids is 1. The van der Waals surface area contributed by atoms with Crippen molar-refractivity contribution in [3.63, 3.8) is 0 Å². The zero-order chi connectivity index (χ0) is 37.8. The Bertz CT molecular complexity index is 2130. The number of hydrogen-bond acceptors (Lipinski definition) is 13. The highest BCUT2D eigenvalue weighted by Crippen LogP contribution is 2.42. The maximum atomic E-state index is 13.7. The van der Waals surface area contributed by atoms with Crippen LogP contribution in [0.15, 0.2) is 118 Å². The minimum Gasteiger partial charge on any atom is -0.477 e. The van der Waals surface area contributed by atoms with Gasteiger partial charge in [0.25, 0.3) is 11.8 Å². The van der Waals surface area contributed by atoms with Crippen molar-refractivity contribution in [3.05, 3.63) is 130 Å². The highest BCUT2D eigenvalue weighted by atomic mass is 32.2. The number of aryl methyl sites for hydroxylation is 1. The molecule has 2 aliphatic heterocycles. The Morgan fingerprint density at radius 3 is 2.19 bits per heavy atom. The molecule has 1 saturated heterocycles. The molecule has 14 nitrogen and oxygen atoms in total. The van der Waals surface area contributed by atoms with Crippen LogP contribution in [-0.2, 0) is 31.8 Å². The largest absolute Gasteiger partial charge is 0.477 e. The third-order valence-corrected chi connectivity index (χ3v) is 11.8. The highest BCUT2D eigenvalue weighted by molar-refractivity contribution is 8.01. The predicted molar refractivity (Wildman–Crippen MR) is 198 cm³/mol. The zero-order valence-electron chi connectivity index (χ0n) is 28.1. The number of halogens is 2. The number of nitrogens with one attached hydrogen (secondary N) is 2. The first-order chi connectivity index (χ1) is 26.2. The summed E-state index contributed by atoms with van der Waals surface area (Å²) < 4.78 is 28.0. The van der Waals surface area contributed by atoms with Crippen molar-refractivity contribution < 1.29 is 33.1 Å². The molecule has 0 radical (unpaired) electrons. The number of carbonyl (C=O) groups excluding carboxylic acids is 2. The van der Waals surface area contributed by atoms with Crippen LogP contribution in [0.3, 0.4) is 0 Å². The van der Waals surface area contributed by atoms with Crippen LogP contribution < -0.4 is 10.6 Å². The number of thiazole rings is 1. The molecule has 4 heterocycles. The van der Waals surface area contributed by atoms with Crippen molar-refractivity contribution in [2.24, 2.45) is 12.2 Å². The van der Waals surface area contributed by atoms with Gasteiger partial charge in [0.15, 0.2) is 10.8 Å². The summed E-state index contributed by atoms with van der Waals surface area (Å²) in [5.41, 5.74) is 1.26. The van der Waals surface area contributed by atoms with Crippen LogP contribution in [0.2, 0.25) is 0 Å². The van der Waals surface area contributed by atoms with Crippen LogP contribution in [0.1, 0.15) is 22.4 Å². The molecule has 0 spiro atoms. The fourth-order valence-electron chi connectivity index (χ4n) is 6.18. The maximum absolute atomic E-state index is 13.7. The smallest absolute Gasteiger partial charge is 0.407 e. The average Bonchev–Trinajstić information content (AvgIpc) is 3.83. The number of thioether (sulfide) groups is 2. The van der Waals surface area contributed by atoms with E-state index >= 15 is 0 Å². The number of benzene rings is 3. The Labute approximate surface area is 318 Å². The SMILES string of the molecule is Cn1nnnc1SCC1=C(C(=O)O)N2C(=O)C(NC(=O)C(=NOC(F)F)c3csc(NC(c4ccccc4)(c4ccccc4)c4ccccc4)n3)[C@H]2SC1. The molecule has 0 aliphatic carbocycles. The van der Waals surface area contributed by atoms with Crippen molar-refractivity contribution in [2.45, 2.75) is 28.7 Å². The Balaban J connectivity index is 1.15. The predicted octanol–water partition coefficient (Wildman–Crippen LogP) is 4.54. The van der Waals surface area contributed by atoms with Crippen LogP contribution in [-0.4, -0.2) is 88.2 Å². The number of alkyl halides is 2. The summed E-state index contributed by atoms with van der Waals surface area (Å²) in [5.74, 6) is -2.56. The lowest BCUT2D eigenvalue weighted by Crippen LogP contribution is -2.71. The van der Waals surface area contributed by atoms with Crippen molar-refractivity contribution in [2.75, 3.05) is 16.8 Å². The zero-order valence-corrected chi connectivity index (χ0v) is 30.5. The van der Waals surface area contributed by atoms with Gasteiger partial charge in [0, 0.05) is 23.9 Å². The molecule has 2 atom stereocenters. The van der Waals surface area contributed by atoms with E-state index in [4.69, 9.17) is 0 Å². The van der Waals surface area contributed by atoms with Gasteiger partial charge in [-0.25, -0.2) is 14.5 Å². The maximum Gasteiger partial charge on any atom is 0.407 e. The van der Waals surface area contributed by atoms with E-state index < -0.39 is 47.1 Å². The second-order valence-corrected chi connectivity index (χ2v) is 14.7. The van der Waals surface area contributed by atoms with Gasteiger partial charge in [0.2, 0.25) is 5.16 Å². The number of amides is 2. The molecule has 0 saturated carbocycles. The average molecular weight is 790 g/mol. The van der Waals surface area contributed by atoms with Gasteiger partial charge in [-0.2, -0.15) is 8.78 Å². The number of β-lactam (4-membered cyclic amide) rings is 1. The lowest BCUT2D eigenvalue weighted by molar-refractivity contribution is -0.150. The number of carboxylic acid groups (broad SMARTS) is 1. The monoisotopic (exact) mass is 789 g/mol. The van der Waals surface area contributed by atoms with Gasteiger partial charge in [-0.1, -0.05) is 108 Å². The molecule has 2 aliphatic rings. The molecule has 1 fully saturated rings. The Morgan fingerprint density at radius 1 is 1.04 bits per heavy atom. The minimum absolute atomic E-state index is 0.0904. The molecule has 5 aromatic rings. The summed E-state index contributed by atoms with van der Waals surface area (Å²) in [5, 5.41) is 32.3. The molecule has 7 rings (SSSR count). The Hall–Kier alpha value is -5.66. The van der Waals surface area contributed by atoms with Gasteiger partial charge in [0.1, 0.15) is 28.3 Å². The third-order valence-electron chi connectivity index (χ3n) is 8.59. The van der Waals surface area contributed by atoms with Gasteiger partial charge < -0.3 is 20.6 Å². The van der Waals surface area contributed by atoms with Crippen LogP contribution in [0.25, 0.3) is 0 Å². The summed E-state index contributed by atoms with van der Waals surface area (Å²) in [6.45, 7) is -3.35. The molecule has 0 bridgehead atoms. The van der Waals surface area contributed by atoms with E-state index in [1.807, 2.05) is 91.0 Å². The number of aromatic nitrogens is 5. The first-order valence-corrected chi connectivity index (χ1v) is 19.1. The third kappa shape index (κ3) is 7.16. The molecule has 1 unspecified atom stereocenters. The van der Waals surface area contributed by atoms with E-state index in [0.717, 1.165) is 32.9 Å². The van der Waals surface area contributed by atoms with Gasteiger partial charge in [-0.05, 0) is 32.7 Å². The van der Waals surface area contributed by atoms with Gasteiger partial charge >= 0.3 is 12.6 Å². The quantitative estimate of drug-likeness (QED) is 0.0472. The Kier molecular flexibility index (Phi) is 10.7. The van der Waals surface area contributed by atoms with Crippen molar-refractivity contribution in [3.8, 4) is 0 Å². The fourth-order valence-corrected chi connectivity index (χ4v) is 9.26. The summed E-state index contributed by atoms with van der Waals surface area (Å²) in [7, 11) is 1.65. The lowest BCUT2D eigenvalue weighted by atomic mass is 9.77. The summed E-state index contributed by atoms with van der Waals surface area (Å²) in [6, 6.07) is 27.9. The summed E-state index contributed by atoms with van der Waals surface area (Å²) >= 11 is 3.58. The Morgan fingerprint density at radius 2 is 1.65 bits per heavy atom. The molecule has 276 valence electrons. The molecule has 3 N–H and O–H groups in total. The first kappa shape index (κ1) is 36.7. The van der Waals surface area contributed by atoms with Crippen molar-refractivity contribution in [1.82, 2.24) is 35.4 Å². The number of fused-ring (bicyclic) bond motifs is 1. The van der Waals surface area contributed by atoms with Crippen LogP contribution in [0, 0.1) is 0 Å². The molecule has 3 aromatic carbocycles.